The molecule has 1 nitrogen and oxygen atoms in total. The summed E-state index contributed by atoms with van der Waals surface area (Å²) in [6.45, 7) is 6.20. The SMILES string of the molecule is CCCCC[n+]1ccc(C)cc1.[B]1[B][B][B][B][B-]2[B]C2[B][B][B][B]1. The summed E-state index contributed by atoms with van der Waals surface area (Å²) >= 11 is 0. The van der Waals surface area contributed by atoms with E-state index in [9.17, 15) is 0 Å². The number of rotatable bonds is 4. The average Bonchev–Trinajstić information content (AvgIpc) is 3.33. The van der Waals surface area contributed by atoms with E-state index < -0.39 is 0 Å². The van der Waals surface area contributed by atoms with Gasteiger partial charge in [0.25, 0.3) is 0 Å². The van der Waals surface area contributed by atoms with Crippen LogP contribution in [-0.2, 0) is 6.54 Å². The highest BCUT2D eigenvalue weighted by Crippen LogP contribution is 2.20. The van der Waals surface area contributed by atoms with E-state index in [4.69, 9.17) is 0 Å². The van der Waals surface area contributed by atoms with Crippen molar-refractivity contribution in [2.24, 2.45) is 0 Å². The number of hydrogen-bond acceptors (Lipinski definition) is 0. The van der Waals surface area contributed by atoms with Gasteiger partial charge in [0.2, 0.25) is 0 Å². The quantitative estimate of drug-likeness (QED) is 0.366. The van der Waals surface area contributed by atoms with E-state index in [1.165, 1.54) is 24.8 Å². The molecule has 2 aliphatic rings. The van der Waals surface area contributed by atoms with Crippen molar-refractivity contribution in [1.29, 1.82) is 0 Å². The fraction of sp³-hybridized carbons (Fsp3) is 0.583. The van der Waals surface area contributed by atoms with Gasteiger partial charge in [-0.05, 0) is 47.2 Å². The van der Waals surface area contributed by atoms with Gasteiger partial charge in [0, 0.05) is 46.9 Å². The zero-order chi connectivity index (χ0) is 17.0. The molecule has 0 saturated carbocycles. The third-order valence-electron chi connectivity index (χ3n) is 4.16. The minimum Gasteiger partial charge on any atom is -0.305 e. The topological polar surface area (TPSA) is 3.88 Å². The summed E-state index contributed by atoms with van der Waals surface area (Å²) in [6.07, 6.45) is 8.24. The van der Waals surface area contributed by atoms with Gasteiger partial charge < -0.3 is 5.62 Å². The first-order valence-electron chi connectivity index (χ1n) is 9.12. The van der Waals surface area contributed by atoms with Gasteiger partial charge in [0.15, 0.2) is 12.4 Å². The average molecular weight is 296 g/mol. The molecule has 11 radical (unpaired) electrons. The van der Waals surface area contributed by atoms with Gasteiger partial charge in [-0.15, -0.1) is 0 Å². The van der Waals surface area contributed by atoms with Crippen molar-refractivity contribution < 1.29 is 4.57 Å². The maximum Gasteiger partial charge on any atom is 0.169 e. The molecule has 2 saturated heterocycles. The number of hydrogen-bond donors (Lipinski definition) is 0. The van der Waals surface area contributed by atoms with Crippen LogP contribution in [0.1, 0.15) is 31.7 Å². The Hall–Kier alpha value is -0.136. The summed E-state index contributed by atoms with van der Waals surface area (Å²) in [6, 6.07) is 4.32. The number of aromatic nitrogens is 1. The van der Waals surface area contributed by atoms with Gasteiger partial charge in [-0.25, -0.2) is 11.1 Å². The molecule has 1 atom stereocenters. The van der Waals surface area contributed by atoms with Crippen molar-refractivity contribution in [3.8, 4) is 0 Å². The second-order valence-electron chi connectivity index (χ2n) is 6.40. The van der Waals surface area contributed by atoms with Crippen LogP contribution in [0.15, 0.2) is 24.5 Å². The van der Waals surface area contributed by atoms with E-state index in [2.05, 4.69) is 92.6 Å². The highest BCUT2D eigenvalue weighted by molar-refractivity contribution is 7.78. The van der Waals surface area contributed by atoms with Crippen LogP contribution >= 0.6 is 0 Å². The Morgan fingerprint density at radius 2 is 1.62 bits per heavy atom. The molecule has 2 aliphatic heterocycles. The lowest BCUT2D eigenvalue weighted by molar-refractivity contribution is -0.697. The largest absolute Gasteiger partial charge is 0.305 e. The van der Waals surface area contributed by atoms with Gasteiger partial charge in [0.05, 0.1) is 0 Å². The van der Waals surface area contributed by atoms with Gasteiger partial charge in [-0.3, -0.25) is 0 Å². The number of unbranched alkanes of at least 4 members (excludes halogenated alkanes) is 2. The van der Waals surface area contributed by atoms with E-state index >= 15 is 0 Å². The Labute approximate surface area is 157 Å². The molecule has 0 aromatic carbocycles. The molecule has 12 heteroatoms. The number of aryl methyl sites for hydroxylation is 2. The van der Waals surface area contributed by atoms with Crippen LogP contribution in [0.3, 0.4) is 0 Å². The lowest BCUT2D eigenvalue weighted by atomic mass is 8.88. The highest BCUT2D eigenvalue weighted by Gasteiger charge is 2.20. The molecule has 0 aliphatic carbocycles. The highest BCUT2D eigenvalue weighted by atomic mass is 14.9. The van der Waals surface area contributed by atoms with Crippen LogP contribution in [-0.4, -0.2) is 77.3 Å². The molecule has 24 heavy (non-hydrogen) atoms. The van der Waals surface area contributed by atoms with Gasteiger partial charge in [-0.2, -0.15) is 14.2 Å². The molecule has 3 heterocycles. The fourth-order valence-corrected chi connectivity index (χ4v) is 2.51. The van der Waals surface area contributed by atoms with Crippen LogP contribution in [0.5, 0.6) is 0 Å². The van der Waals surface area contributed by atoms with E-state index in [0.29, 0.717) is 12.1 Å². The standard InChI is InChI=1S/C11H18N.CHB11/c1-3-4-5-8-12-9-6-11(2)7-10-12;2-1-3-12(1)11-10-9-8-7-6-5-4-2/h6-7,9-10H,3-5,8H2,1-2H3;1H/q+1;-1. The summed E-state index contributed by atoms with van der Waals surface area (Å²) in [5, 5.41) is 0. The third kappa shape index (κ3) is 8.81. The number of nitrogens with zero attached hydrogens (tertiary/aromatic N) is 1. The predicted molar refractivity (Wildman–Crippen MR) is 118 cm³/mol. The third-order valence-corrected chi connectivity index (χ3v) is 4.16. The fourth-order valence-electron chi connectivity index (χ4n) is 2.51. The molecular weight excluding hydrogens is 277 g/mol. The van der Waals surface area contributed by atoms with Gasteiger partial charge in [-0.1, -0.05) is 13.3 Å². The normalized spacial score (nSPS) is 18.5. The van der Waals surface area contributed by atoms with Crippen molar-refractivity contribution in [1.82, 2.24) is 0 Å². The molecule has 0 bridgehead atoms. The first-order chi connectivity index (χ1) is 11.8. The number of pyridine rings is 1. The van der Waals surface area contributed by atoms with Crippen LogP contribution < -0.4 is 4.57 Å². The minimum atomic E-state index is 0.678. The maximum atomic E-state index is 2.33. The molecule has 2 fully saturated rings. The first kappa shape index (κ1) is 20.2. The summed E-state index contributed by atoms with van der Waals surface area (Å²) < 4.78 is 2.25. The maximum absolute atomic E-state index is 2.33. The van der Waals surface area contributed by atoms with E-state index in [1.54, 1.807) is 0 Å². The van der Waals surface area contributed by atoms with Gasteiger partial charge in [0.1, 0.15) is 6.54 Å². The van der Waals surface area contributed by atoms with E-state index in [1.807, 2.05) is 21.2 Å². The van der Waals surface area contributed by atoms with Crippen LogP contribution in [0.25, 0.3) is 0 Å². The smallest absolute Gasteiger partial charge is 0.169 e. The van der Waals surface area contributed by atoms with Crippen LogP contribution in [0, 0.1) is 6.92 Å². The first-order valence-corrected chi connectivity index (χ1v) is 9.12. The van der Waals surface area contributed by atoms with Crippen molar-refractivity contribution in [3.05, 3.63) is 30.1 Å². The van der Waals surface area contributed by atoms with E-state index in [0.717, 1.165) is 6.54 Å². The van der Waals surface area contributed by atoms with Crippen molar-refractivity contribution in [3.63, 3.8) is 0 Å². The summed E-state index contributed by atoms with van der Waals surface area (Å²) in [4.78, 5) is 0. The molecule has 3 rings (SSSR count). The zero-order valence-electron chi connectivity index (χ0n) is 15.0. The molecule has 1 aromatic rings. The Morgan fingerprint density at radius 3 is 2.33 bits per heavy atom. The lowest BCUT2D eigenvalue weighted by Gasteiger charge is -2.07. The Balaban J connectivity index is 0.000000174. The lowest BCUT2D eigenvalue weighted by Crippen LogP contribution is -2.32. The predicted octanol–water partition coefficient (Wildman–Crippen LogP) is -1.38. The monoisotopic (exact) mass is 298 g/mol. The molecule has 1 aromatic heterocycles. The molecule has 105 valence electrons. The molecular formula is C12H19B11N. The molecule has 0 amide bonds. The summed E-state index contributed by atoms with van der Waals surface area (Å²) in [7, 11) is 21.3. The zero-order valence-corrected chi connectivity index (χ0v) is 15.0. The Bertz CT molecular complexity index is 431. The van der Waals surface area contributed by atoms with Crippen molar-refractivity contribution in [2.75, 3.05) is 0 Å². The molecule has 0 N–H and O–H groups in total. The Morgan fingerprint density at radius 1 is 0.958 bits per heavy atom. The minimum absolute atomic E-state index is 0.678. The summed E-state index contributed by atoms with van der Waals surface area (Å²) in [5.41, 5.74) is 2.01. The summed E-state index contributed by atoms with van der Waals surface area (Å²) in [5.74, 6) is 0. The van der Waals surface area contributed by atoms with E-state index in [-0.39, 0.29) is 0 Å². The second-order valence-corrected chi connectivity index (χ2v) is 6.40. The van der Waals surface area contributed by atoms with Crippen LogP contribution in [0.2, 0.25) is 5.62 Å². The number of fused-ring (bicyclic) bond motifs is 1. The van der Waals surface area contributed by atoms with Crippen LogP contribution in [0.4, 0.5) is 0 Å². The Kier molecular flexibility index (Phi) is 10.3. The van der Waals surface area contributed by atoms with Gasteiger partial charge >= 0.3 is 0 Å². The molecule has 1 unspecified atom stereocenters. The second kappa shape index (κ2) is 12.3. The van der Waals surface area contributed by atoms with Crippen molar-refractivity contribution in [2.45, 2.75) is 45.3 Å². The van der Waals surface area contributed by atoms with Crippen molar-refractivity contribution >= 4 is 77.3 Å². The molecule has 0 spiro atoms.